The molecule has 0 unspecified atom stereocenters. The van der Waals surface area contributed by atoms with Crippen molar-refractivity contribution in [2.45, 2.75) is 37.6 Å². The van der Waals surface area contributed by atoms with Gasteiger partial charge < -0.3 is 5.32 Å². The summed E-state index contributed by atoms with van der Waals surface area (Å²) in [5, 5.41) is 3.34. The molecule has 3 rings (SSSR count). The molecule has 0 bridgehead atoms. The van der Waals surface area contributed by atoms with Gasteiger partial charge in [0.05, 0.1) is 10.9 Å². The largest absolute Gasteiger partial charge is 0.325 e. The first-order chi connectivity index (χ1) is 14.2. The molecule has 2 aromatic carbocycles. The zero-order valence-corrected chi connectivity index (χ0v) is 19.1. The molecule has 0 aromatic heterocycles. The van der Waals surface area contributed by atoms with Crippen molar-refractivity contribution in [3.05, 3.63) is 59.1 Å². The summed E-state index contributed by atoms with van der Waals surface area (Å²) in [6, 6.07) is 13.8. The monoisotopic (exact) mass is 449 g/mol. The number of hydrogen-bond donors (Lipinski definition) is 1. The standard InChI is InChI=1S/C22H28ClN3O3S/c1-16(2)18-7-9-20(10-8-18)24-22(27)17(3)25-11-13-26(14-12-25)30(28,29)21-6-4-5-19(23)15-21/h4-10,15-17H,11-14H2,1-3H3,(H,24,27)/t17-/m0/s1. The summed E-state index contributed by atoms with van der Waals surface area (Å²) >= 11 is 5.94. The number of nitrogens with one attached hydrogen (secondary N) is 1. The Hall–Kier alpha value is -1.93. The molecule has 0 aliphatic carbocycles. The third-order valence-corrected chi connectivity index (χ3v) is 7.61. The second-order valence-electron chi connectivity index (χ2n) is 7.84. The normalized spacial score (nSPS) is 17.1. The van der Waals surface area contributed by atoms with E-state index in [1.807, 2.05) is 36.1 Å². The molecule has 0 saturated carbocycles. The van der Waals surface area contributed by atoms with Crippen LogP contribution in [0.4, 0.5) is 5.69 Å². The number of carbonyl (C=O) groups excluding carboxylic acids is 1. The van der Waals surface area contributed by atoms with Crippen LogP contribution in [0.15, 0.2) is 53.4 Å². The van der Waals surface area contributed by atoms with Gasteiger partial charge in [0.15, 0.2) is 0 Å². The van der Waals surface area contributed by atoms with Gasteiger partial charge in [0.2, 0.25) is 15.9 Å². The van der Waals surface area contributed by atoms with Crippen LogP contribution in [0, 0.1) is 0 Å². The first kappa shape index (κ1) is 22.7. The summed E-state index contributed by atoms with van der Waals surface area (Å²) in [6.07, 6.45) is 0. The Morgan fingerprint density at radius 2 is 1.63 bits per heavy atom. The van der Waals surface area contributed by atoms with Crippen LogP contribution in [0.25, 0.3) is 0 Å². The molecule has 1 aliphatic heterocycles. The van der Waals surface area contributed by atoms with Crippen LogP contribution in [0.1, 0.15) is 32.3 Å². The van der Waals surface area contributed by atoms with Gasteiger partial charge in [-0.2, -0.15) is 4.31 Å². The lowest BCUT2D eigenvalue weighted by Crippen LogP contribution is -2.53. The average molecular weight is 450 g/mol. The van der Waals surface area contributed by atoms with E-state index in [2.05, 4.69) is 19.2 Å². The smallest absolute Gasteiger partial charge is 0.243 e. The predicted octanol–water partition coefficient (Wildman–Crippen LogP) is 3.80. The van der Waals surface area contributed by atoms with E-state index >= 15 is 0 Å². The minimum absolute atomic E-state index is 0.0987. The van der Waals surface area contributed by atoms with Gasteiger partial charge in [-0.1, -0.05) is 43.6 Å². The van der Waals surface area contributed by atoms with Gasteiger partial charge in [-0.25, -0.2) is 8.42 Å². The molecule has 162 valence electrons. The Bertz CT molecular complexity index is 985. The van der Waals surface area contributed by atoms with E-state index in [4.69, 9.17) is 11.6 Å². The number of nitrogens with zero attached hydrogens (tertiary/aromatic N) is 2. The van der Waals surface area contributed by atoms with Gasteiger partial charge in [0.1, 0.15) is 0 Å². The first-order valence-electron chi connectivity index (χ1n) is 10.1. The van der Waals surface area contributed by atoms with E-state index < -0.39 is 10.0 Å². The number of rotatable bonds is 6. The summed E-state index contributed by atoms with van der Waals surface area (Å²) in [7, 11) is -3.59. The Morgan fingerprint density at radius 1 is 1.00 bits per heavy atom. The number of amides is 1. The molecule has 2 aromatic rings. The topological polar surface area (TPSA) is 69.7 Å². The van der Waals surface area contributed by atoms with Gasteiger partial charge in [-0.15, -0.1) is 0 Å². The maximum absolute atomic E-state index is 12.8. The lowest BCUT2D eigenvalue weighted by Gasteiger charge is -2.36. The first-order valence-corrected chi connectivity index (χ1v) is 11.9. The second kappa shape index (κ2) is 9.47. The molecule has 1 saturated heterocycles. The average Bonchev–Trinajstić information content (AvgIpc) is 2.73. The van der Waals surface area contributed by atoms with Crippen molar-refractivity contribution in [3.8, 4) is 0 Å². The molecule has 1 aliphatic rings. The molecule has 1 amide bonds. The number of sulfonamides is 1. The quantitative estimate of drug-likeness (QED) is 0.728. The summed E-state index contributed by atoms with van der Waals surface area (Å²) in [5.74, 6) is 0.339. The van der Waals surface area contributed by atoms with Crippen molar-refractivity contribution in [1.82, 2.24) is 9.21 Å². The molecule has 1 heterocycles. The van der Waals surface area contributed by atoms with Crippen molar-refractivity contribution in [1.29, 1.82) is 0 Å². The predicted molar refractivity (Wildman–Crippen MR) is 120 cm³/mol. The molecule has 8 heteroatoms. The summed E-state index contributed by atoms with van der Waals surface area (Å²) in [4.78, 5) is 14.9. The van der Waals surface area contributed by atoms with Crippen molar-refractivity contribution in [2.75, 3.05) is 31.5 Å². The van der Waals surface area contributed by atoms with Crippen LogP contribution in [-0.2, 0) is 14.8 Å². The van der Waals surface area contributed by atoms with Gasteiger partial charge in [0.25, 0.3) is 0 Å². The third-order valence-electron chi connectivity index (χ3n) is 5.48. The van der Waals surface area contributed by atoms with Crippen LogP contribution < -0.4 is 5.32 Å². The van der Waals surface area contributed by atoms with Crippen LogP contribution in [-0.4, -0.2) is 55.8 Å². The summed E-state index contributed by atoms with van der Waals surface area (Å²) in [5.41, 5.74) is 1.98. The van der Waals surface area contributed by atoms with Gasteiger partial charge in [0, 0.05) is 36.9 Å². The number of anilines is 1. The van der Waals surface area contributed by atoms with Gasteiger partial charge in [-0.05, 0) is 48.7 Å². The highest BCUT2D eigenvalue weighted by Crippen LogP contribution is 2.22. The van der Waals surface area contributed by atoms with E-state index in [-0.39, 0.29) is 16.8 Å². The van der Waals surface area contributed by atoms with Crippen molar-refractivity contribution in [3.63, 3.8) is 0 Å². The SMILES string of the molecule is CC(C)c1ccc(NC(=O)[C@H](C)N2CCN(S(=O)(=O)c3cccc(Cl)c3)CC2)cc1. The van der Waals surface area contributed by atoms with Crippen molar-refractivity contribution < 1.29 is 13.2 Å². The minimum atomic E-state index is -3.59. The zero-order valence-electron chi connectivity index (χ0n) is 17.5. The molecule has 1 N–H and O–H groups in total. The highest BCUT2D eigenvalue weighted by molar-refractivity contribution is 7.89. The molecule has 1 atom stereocenters. The highest BCUT2D eigenvalue weighted by Gasteiger charge is 2.31. The molecule has 0 spiro atoms. The third kappa shape index (κ3) is 5.21. The van der Waals surface area contributed by atoms with Crippen LogP contribution in [0.3, 0.4) is 0 Å². The van der Waals surface area contributed by atoms with Gasteiger partial charge in [-0.3, -0.25) is 9.69 Å². The minimum Gasteiger partial charge on any atom is -0.325 e. The fraction of sp³-hybridized carbons (Fsp3) is 0.409. The fourth-order valence-electron chi connectivity index (χ4n) is 3.47. The Morgan fingerprint density at radius 3 is 2.20 bits per heavy atom. The van der Waals surface area contributed by atoms with E-state index in [0.717, 1.165) is 5.69 Å². The van der Waals surface area contributed by atoms with E-state index in [9.17, 15) is 13.2 Å². The zero-order chi connectivity index (χ0) is 21.9. The lowest BCUT2D eigenvalue weighted by molar-refractivity contribution is -0.121. The van der Waals surface area contributed by atoms with E-state index in [1.165, 1.54) is 15.9 Å². The molecule has 30 heavy (non-hydrogen) atoms. The molecular formula is C22H28ClN3O3S. The number of halogens is 1. The van der Waals surface area contributed by atoms with E-state index in [0.29, 0.717) is 37.1 Å². The maximum Gasteiger partial charge on any atom is 0.243 e. The Kier molecular flexibility index (Phi) is 7.18. The fourth-order valence-corrected chi connectivity index (χ4v) is 5.20. The number of carbonyl (C=O) groups is 1. The lowest BCUT2D eigenvalue weighted by atomic mass is 10.0. The molecular weight excluding hydrogens is 422 g/mol. The molecule has 0 radical (unpaired) electrons. The number of piperazine rings is 1. The van der Waals surface area contributed by atoms with Crippen LogP contribution in [0.5, 0.6) is 0 Å². The summed E-state index contributed by atoms with van der Waals surface area (Å²) < 4.78 is 27.1. The van der Waals surface area contributed by atoms with Crippen LogP contribution in [0.2, 0.25) is 5.02 Å². The molecule has 6 nitrogen and oxygen atoms in total. The maximum atomic E-state index is 12.8. The Balaban J connectivity index is 1.58. The second-order valence-corrected chi connectivity index (χ2v) is 10.2. The van der Waals surface area contributed by atoms with Crippen LogP contribution >= 0.6 is 11.6 Å². The van der Waals surface area contributed by atoms with Crippen molar-refractivity contribution in [2.24, 2.45) is 0 Å². The van der Waals surface area contributed by atoms with Crippen molar-refractivity contribution >= 4 is 33.2 Å². The summed E-state index contributed by atoms with van der Waals surface area (Å²) in [6.45, 7) is 7.73. The van der Waals surface area contributed by atoms with Gasteiger partial charge >= 0.3 is 0 Å². The van der Waals surface area contributed by atoms with E-state index in [1.54, 1.807) is 18.2 Å². The number of hydrogen-bond acceptors (Lipinski definition) is 4. The highest BCUT2D eigenvalue weighted by atomic mass is 35.5. The molecule has 1 fully saturated rings. The Labute approximate surface area is 183 Å². The number of benzene rings is 2.